The Labute approximate surface area is 129 Å². The molecule has 2 rings (SSSR count). The molecular formula is C15H12Br2O2. The van der Waals surface area contributed by atoms with Crippen molar-refractivity contribution in [3.05, 3.63) is 58.1 Å². The smallest absolute Gasteiger partial charge is 0.338 e. The molecule has 0 atom stereocenters. The van der Waals surface area contributed by atoms with Crippen molar-refractivity contribution in [2.45, 2.75) is 5.33 Å². The van der Waals surface area contributed by atoms with Crippen molar-refractivity contribution in [1.82, 2.24) is 0 Å². The number of hydrogen-bond acceptors (Lipinski definition) is 2. The average Bonchev–Trinajstić information content (AvgIpc) is 2.46. The van der Waals surface area contributed by atoms with E-state index in [1.165, 1.54) is 12.7 Å². The summed E-state index contributed by atoms with van der Waals surface area (Å²) in [4.78, 5) is 11.8. The highest BCUT2D eigenvalue weighted by Crippen LogP contribution is 2.28. The summed E-state index contributed by atoms with van der Waals surface area (Å²) >= 11 is 6.79. The van der Waals surface area contributed by atoms with Gasteiger partial charge in [-0.25, -0.2) is 4.79 Å². The number of rotatable bonds is 3. The van der Waals surface area contributed by atoms with E-state index in [1.807, 2.05) is 36.4 Å². The van der Waals surface area contributed by atoms with Crippen LogP contribution in [0.25, 0.3) is 11.1 Å². The van der Waals surface area contributed by atoms with Crippen LogP contribution in [0.4, 0.5) is 0 Å². The van der Waals surface area contributed by atoms with Crippen molar-refractivity contribution >= 4 is 37.8 Å². The van der Waals surface area contributed by atoms with Gasteiger partial charge in [0.2, 0.25) is 0 Å². The molecule has 0 saturated heterocycles. The minimum absolute atomic E-state index is 0.333. The summed E-state index contributed by atoms with van der Waals surface area (Å²) < 4.78 is 5.69. The maximum atomic E-state index is 11.8. The Kier molecular flexibility index (Phi) is 4.77. The van der Waals surface area contributed by atoms with E-state index < -0.39 is 0 Å². The number of carbonyl (C=O) groups is 1. The van der Waals surface area contributed by atoms with Crippen molar-refractivity contribution in [1.29, 1.82) is 0 Å². The van der Waals surface area contributed by atoms with Gasteiger partial charge < -0.3 is 4.74 Å². The first-order valence-corrected chi connectivity index (χ1v) is 7.60. The van der Waals surface area contributed by atoms with Crippen LogP contribution >= 0.6 is 31.9 Å². The van der Waals surface area contributed by atoms with Crippen molar-refractivity contribution in [3.8, 4) is 11.1 Å². The van der Waals surface area contributed by atoms with Gasteiger partial charge in [-0.1, -0.05) is 62.2 Å². The molecule has 0 unspecified atom stereocenters. The standard InChI is InChI=1S/C15H12Br2O2/c1-19-15(18)14-8-12(17)6-7-13(14)11-4-2-10(9-16)3-5-11/h2-8H,9H2,1H3. The first-order valence-electron chi connectivity index (χ1n) is 5.69. The van der Waals surface area contributed by atoms with Gasteiger partial charge in [0.05, 0.1) is 12.7 Å². The van der Waals surface area contributed by atoms with E-state index in [0.717, 1.165) is 20.9 Å². The number of hydrogen-bond donors (Lipinski definition) is 0. The Morgan fingerprint density at radius 2 is 1.84 bits per heavy atom. The van der Waals surface area contributed by atoms with Gasteiger partial charge in [0.1, 0.15) is 0 Å². The normalized spacial score (nSPS) is 10.3. The fourth-order valence-corrected chi connectivity index (χ4v) is 2.56. The number of alkyl halides is 1. The number of carbonyl (C=O) groups excluding carboxylic acids is 1. The molecule has 2 aromatic rings. The van der Waals surface area contributed by atoms with E-state index in [2.05, 4.69) is 31.9 Å². The number of ether oxygens (including phenoxy) is 1. The maximum Gasteiger partial charge on any atom is 0.338 e. The molecule has 0 heterocycles. The van der Waals surface area contributed by atoms with Gasteiger partial charge in [0.15, 0.2) is 0 Å². The lowest BCUT2D eigenvalue weighted by Gasteiger charge is -2.09. The van der Waals surface area contributed by atoms with Gasteiger partial charge in [-0.15, -0.1) is 0 Å². The van der Waals surface area contributed by atoms with E-state index in [-0.39, 0.29) is 5.97 Å². The van der Waals surface area contributed by atoms with E-state index in [9.17, 15) is 4.79 Å². The SMILES string of the molecule is COC(=O)c1cc(Br)ccc1-c1ccc(CBr)cc1. The Bertz CT molecular complexity index is 592. The van der Waals surface area contributed by atoms with Crippen molar-refractivity contribution in [2.75, 3.05) is 7.11 Å². The summed E-state index contributed by atoms with van der Waals surface area (Å²) in [5, 5.41) is 0.817. The van der Waals surface area contributed by atoms with Crippen LogP contribution in [0.5, 0.6) is 0 Å². The van der Waals surface area contributed by atoms with Crippen LogP contribution in [0, 0.1) is 0 Å². The van der Waals surface area contributed by atoms with Crippen molar-refractivity contribution in [3.63, 3.8) is 0 Å². The molecule has 0 aliphatic carbocycles. The van der Waals surface area contributed by atoms with Crippen LogP contribution < -0.4 is 0 Å². The monoisotopic (exact) mass is 382 g/mol. The molecule has 19 heavy (non-hydrogen) atoms. The third-order valence-corrected chi connectivity index (χ3v) is 3.95. The number of methoxy groups -OCH3 is 1. The van der Waals surface area contributed by atoms with Crippen LogP contribution in [0.1, 0.15) is 15.9 Å². The molecule has 4 heteroatoms. The van der Waals surface area contributed by atoms with Crippen LogP contribution in [-0.4, -0.2) is 13.1 Å². The van der Waals surface area contributed by atoms with E-state index >= 15 is 0 Å². The predicted molar refractivity (Wildman–Crippen MR) is 83.5 cm³/mol. The van der Waals surface area contributed by atoms with Gasteiger partial charge in [-0.05, 0) is 28.8 Å². The Balaban J connectivity index is 2.51. The van der Waals surface area contributed by atoms with Crippen molar-refractivity contribution in [2.24, 2.45) is 0 Å². The molecule has 98 valence electrons. The molecule has 0 spiro atoms. The summed E-state index contributed by atoms with van der Waals surface area (Å²) in [6, 6.07) is 13.7. The Hall–Kier alpha value is -1.13. The zero-order valence-corrected chi connectivity index (χ0v) is 13.5. The molecule has 2 aromatic carbocycles. The first kappa shape index (κ1) is 14.3. The Morgan fingerprint density at radius 1 is 1.16 bits per heavy atom. The molecule has 0 radical (unpaired) electrons. The van der Waals surface area contributed by atoms with E-state index in [4.69, 9.17) is 4.74 Å². The van der Waals surface area contributed by atoms with Gasteiger partial charge in [-0.3, -0.25) is 0 Å². The fraction of sp³-hybridized carbons (Fsp3) is 0.133. The quantitative estimate of drug-likeness (QED) is 0.562. The minimum atomic E-state index is -0.333. The molecule has 0 bridgehead atoms. The lowest BCUT2D eigenvalue weighted by Crippen LogP contribution is -2.03. The first-order chi connectivity index (χ1) is 9.15. The molecule has 0 amide bonds. The zero-order chi connectivity index (χ0) is 13.8. The van der Waals surface area contributed by atoms with Gasteiger partial charge in [-0.2, -0.15) is 0 Å². The highest BCUT2D eigenvalue weighted by Gasteiger charge is 2.13. The summed E-state index contributed by atoms with van der Waals surface area (Å²) in [6.07, 6.45) is 0. The molecule has 0 aliphatic heterocycles. The van der Waals surface area contributed by atoms with Crippen LogP contribution in [-0.2, 0) is 10.1 Å². The third-order valence-electron chi connectivity index (χ3n) is 2.81. The number of halogens is 2. The zero-order valence-electron chi connectivity index (χ0n) is 10.3. The summed E-state index contributed by atoms with van der Waals surface area (Å²) in [7, 11) is 1.39. The lowest BCUT2D eigenvalue weighted by molar-refractivity contribution is 0.0601. The molecule has 0 saturated carbocycles. The molecule has 0 N–H and O–H groups in total. The van der Waals surface area contributed by atoms with E-state index in [0.29, 0.717) is 5.56 Å². The van der Waals surface area contributed by atoms with Gasteiger partial charge >= 0.3 is 5.97 Å². The topological polar surface area (TPSA) is 26.3 Å². The second-order valence-corrected chi connectivity index (χ2v) is 5.49. The summed E-state index contributed by atoms with van der Waals surface area (Å²) in [6.45, 7) is 0. The molecule has 0 fully saturated rings. The van der Waals surface area contributed by atoms with Gasteiger partial charge in [0, 0.05) is 9.80 Å². The fourth-order valence-electron chi connectivity index (χ4n) is 1.82. The van der Waals surface area contributed by atoms with Crippen LogP contribution in [0.2, 0.25) is 0 Å². The highest BCUT2D eigenvalue weighted by molar-refractivity contribution is 9.10. The maximum absolute atomic E-state index is 11.8. The third kappa shape index (κ3) is 3.25. The highest BCUT2D eigenvalue weighted by atomic mass is 79.9. The van der Waals surface area contributed by atoms with Crippen LogP contribution in [0.15, 0.2) is 46.9 Å². The number of benzene rings is 2. The molecule has 0 aromatic heterocycles. The molecule has 2 nitrogen and oxygen atoms in total. The predicted octanol–water partition coefficient (Wildman–Crippen LogP) is 4.80. The Morgan fingerprint density at radius 3 is 2.42 bits per heavy atom. The second kappa shape index (κ2) is 6.35. The van der Waals surface area contributed by atoms with Crippen LogP contribution in [0.3, 0.4) is 0 Å². The molecular weight excluding hydrogens is 372 g/mol. The summed E-state index contributed by atoms with van der Waals surface area (Å²) in [5.41, 5.74) is 3.62. The summed E-state index contributed by atoms with van der Waals surface area (Å²) in [5.74, 6) is -0.333. The number of esters is 1. The largest absolute Gasteiger partial charge is 0.465 e. The minimum Gasteiger partial charge on any atom is -0.465 e. The lowest BCUT2D eigenvalue weighted by atomic mass is 9.99. The van der Waals surface area contributed by atoms with Gasteiger partial charge in [0.25, 0.3) is 0 Å². The van der Waals surface area contributed by atoms with E-state index in [1.54, 1.807) is 6.07 Å². The van der Waals surface area contributed by atoms with Crippen molar-refractivity contribution < 1.29 is 9.53 Å². The average molecular weight is 384 g/mol. The second-order valence-electron chi connectivity index (χ2n) is 4.01. The molecule has 0 aliphatic rings.